The van der Waals surface area contributed by atoms with E-state index in [-0.39, 0.29) is 0 Å². The Bertz CT molecular complexity index is 573. The predicted molar refractivity (Wildman–Crippen MR) is 102 cm³/mol. The molecule has 0 atom stereocenters. The molecule has 0 unspecified atom stereocenters. The molecule has 2 rings (SSSR count). The van der Waals surface area contributed by atoms with Crippen LogP contribution in [0.5, 0.6) is 5.75 Å². The SMILES string of the molecule is COc1cc(NCC2CCC(C)CC2)ccc1NC(=O)OC(C)(C)C. The van der Waals surface area contributed by atoms with E-state index in [1.54, 1.807) is 7.11 Å². The molecule has 0 saturated heterocycles. The minimum Gasteiger partial charge on any atom is -0.494 e. The number of anilines is 2. The van der Waals surface area contributed by atoms with Gasteiger partial charge in [0.15, 0.2) is 0 Å². The van der Waals surface area contributed by atoms with Gasteiger partial charge in [-0.25, -0.2) is 4.79 Å². The van der Waals surface area contributed by atoms with Crippen molar-refractivity contribution in [3.63, 3.8) is 0 Å². The van der Waals surface area contributed by atoms with Crippen LogP contribution in [0, 0.1) is 11.8 Å². The molecule has 1 saturated carbocycles. The highest BCUT2D eigenvalue weighted by atomic mass is 16.6. The van der Waals surface area contributed by atoms with Crippen LogP contribution < -0.4 is 15.4 Å². The molecule has 0 heterocycles. The maximum Gasteiger partial charge on any atom is 0.412 e. The van der Waals surface area contributed by atoms with Crippen molar-refractivity contribution in [1.82, 2.24) is 0 Å². The van der Waals surface area contributed by atoms with Gasteiger partial charge in [0.05, 0.1) is 12.8 Å². The van der Waals surface area contributed by atoms with Crippen molar-refractivity contribution in [2.45, 2.75) is 59.0 Å². The zero-order chi connectivity index (χ0) is 18.4. The van der Waals surface area contributed by atoms with E-state index in [1.807, 2.05) is 39.0 Å². The Kier molecular flexibility index (Phi) is 6.57. The second-order valence-corrected chi connectivity index (χ2v) is 8.05. The second kappa shape index (κ2) is 8.45. The number of carbonyl (C=O) groups is 1. The molecule has 1 amide bonds. The van der Waals surface area contributed by atoms with Gasteiger partial charge in [0.25, 0.3) is 0 Å². The fourth-order valence-corrected chi connectivity index (χ4v) is 3.11. The van der Waals surface area contributed by atoms with Crippen molar-refractivity contribution in [3.05, 3.63) is 18.2 Å². The van der Waals surface area contributed by atoms with E-state index in [9.17, 15) is 4.79 Å². The van der Waals surface area contributed by atoms with Crippen molar-refractivity contribution in [3.8, 4) is 5.75 Å². The lowest BCUT2D eigenvalue weighted by atomic mass is 9.83. The average Bonchev–Trinajstić information content (AvgIpc) is 2.53. The fraction of sp³-hybridized carbons (Fsp3) is 0.650. The summed E-state index contributed by atoms with van der Waals surface area (Å²) in [6.45, 7) is 8.83. The number of ether oxygens (including phenoxy) is 2. The van der Waals surface area contributed by atoms with Crippen molar-refractivity contribution in [2.75, 3.05) is 24.3 Å². The van der Waals surface area contributed by atoms with E-state index >= 15 is 0 Å². The van der Waals surface area contributed by atoms with E-state index in [1.165, 1.54) is 25.7 Å². The lowest BCUT2D eigenvalue weighted by Gasteiger charge is -2.26. The highest BCUT2D eigenvalue weighted by molar-refractivity contribution is 5.87. The summed E-state index contributed by atoms with van der Waals surface area (Å²) in [5.74, 6) is 2.23. The maximum atomic E-state index is 11.9. The van der Waals surface area contributed by atoms with Gasteiger partial charge >= 0.3 is 6.09 Å². The molecule has 5 heteroatoms. The van der Waals surface area contributed by atoms with E-state index in [0.717, 1.165) is 24.1 Å². The standard InChI is InChI=1S/C20H32N2O3/c1-14-6-8-15(9-7-14)13-21-16-10-11-17(18(12-16)24-5)22-19(23)25-20(2,3)4/h10-12,14-15,21H,6-9,13H2,1-5H3,(H,22,23). The van der Waals surface area contributed by atoms with Crippen molar-refractivity contribution >= 4 is 17.5 Å². The molecule has 140 valence electrons. The molecule has 0 bridgehead atoms. The number of methoxy groups -OCH3 is 1. The van der Waals surface area contributed by atoms with Gasteiger partial charge in [-0.3, -0.25) is 5.32 Å². The predicted octanol–water partition coefficient (Wildman–Crippen LogP) is 5.28. The normalized spacial score (nSPS) is 20.7. The lowest BCUT2D eigenvalue weighted by Crippen LogP contribution is -2.27. The molecule has 0 spiro atoms. The van der Waals surface area contributed by atoms with Gasteiger partial charge < -0.3 is 14.8 Å². The molecule has 5 nitrogen and oxygen atoms in total. The Morgan fingerprint density at radius 3 is 2.48 bits per heavy atom. The first kappa shape index (κ1) is 19.4. The minimum atomic E-state index is -0.531. The van der Waals surface area contributed by atoms with E-state index in [4.69, 9.17) is 9.47 Å². The Morgan fingerprint density at radius 1 is 1.20 bits per heavy atom. The minimum absolute atomic E-state index is 0.483. The Labute approximate surface area is 151 Å². The van der Waals surface area contributed by atoms with Crippen molar-refractivity contribution in [2.24, 2.45) is 11.8 Å². The van der Waals surface area contributed by atoms with Crippen LogP contribution in [0.4, 0.5) is 16.2 Å². The van der Waals surface area contributed by atoms with Crippen LogP contribution >= 0.6 is 0 Å². The molecule has 1 aromatic rings. The summed E-state index contributed by atoms with van der Waals surface area (Å²) in [5.41, 5.74) is 1.08. The van der Waals surface area contributed by atoms with Gasteiger partial charge in [0.1, 0.15) is 11.4 Å². The van der Waals surface area contributed by atoms with E-state index in [2.05, 4.69) is 17.6 Å². The summed E-state index contributed by atoms with van der Waals surface area (Å²) < 4.78 is 10.7. The molecular weight excluding hydrogens is 316 g/mol. The van der Waals surface area contributed by atoms with Gasteiger partial charge in [-0.15, -0.1) is 0 Å². The van der Waals surface area contributed by atoms with E-state index in [0.29, 0.717) is 11.4 Å². The van der Waals surface area contributed by atoms with Crippen molar-refractivity contribution in [1.29, 1.82) is 0 Å². The average molecular weight is 348 g/mol. The lowest BCUT2D eigenvalue weighted by molar-refractivity contribution is 0.0635. The Hall–Kier alpha value is -1.91. The Balaban J connectivity index is 1.93. The largest absolute Gasteiger partial charge is 0.494 e. The van der Waals surface area contributed by atoms with Crippen LogP contribution in [-0.4, -0.2) is 25.3 Å². The van der Waals surface area contributed by atoms with Crippen molar-refractivity contribution < 1.29 is 14.3 Å². The molecule has 2 N–H and O–H groups in total. The van der Waals surface area contributed by atoms with Crippen LogP contribution in [0.25, 0.3) is 0 Å². The molecule has 0 radical (unpaired) electrons. The summed E-state index contributed by atoms with van der Waals surface area (Å²) in [5, 5.41) is 6.24. The summed E-state index contributed by atoms with van der Waals surface area (Å²) in [7, 11) is 1.60. The van der Waals surface area contributed by atoms with Crippen LogP contribution in [-0.2, 0) is 4.74 Å². The molecule has 1 aromatic carbocycles. The summed E-state index contributed by atoms with van der Waals surface area (Å²) in [6, 6.07) is 5.72. The van der Waals surface area contributed by atoms with Gasteiger partial charge in [0.2, 0.25) is 0 Å². The number of hydrogen-bond donors (Lipinski definition) is 2. The van der Waals surface area contributed by atoms with Crippen LogP contribution in [0.1, 0.15) is 53.4 Å². The third-order valence-corrected chi connectivity index (χ3v) is 4.57. The van der Waals surface area contributed by atoms with Gasteiger partial charge in [0, 0.05) is 18.3 Å². The second-order valence-electron chi connectivity index (χ2n) is 8.05. The van der Waals surface area contributed by atoms with Gasteiger partial charge in [-0.1, -0.05) is 19.8 Å². The van der Waals surface area contributed by atoms with E-state index < -0.39 is 11.7 Å². The number of amides is 1. The number of nitrogens with one attached hydrogen (secondary N) is 2. The number of carbonyl (C=O) groups excluding carboxylic acids is 1. The highest BCUT2D eigenvalue weighted by Crippen LogP contribution is 2.31. The first-order chi connectivity index (χ1) is 11.8. The third-order valence-electron chi connectivity index (χ3n) is 4.57. The smallest absolute Gasteiger partial charge is 0.412 e. The monoisotopic (exact) mass is 348 g/mol. The molecule has 0 aromatic heterocycles. The molecular formula is C20H32N2O3. The number of hydrogen-bond acceptors (Lipinski definition) is 4. The zero-order valence-corrected chi connectivity index (χ0v) is 16.1. The van der Waals surface area contributed by atoms with Crippen LogP contribution in [0.3, 0.4) is 0 Å². The van der Waals surface area contributed by atoms with Crippen LogP contribution in [0.2, 0.25) is 0 Å². The Morgan fingerprint density at radius 2 is 1.88 bits per heavy atom. The third kappa shape index (κ3) is 6.48. The summed E-state index contributed by atoms with van der Waals surface area (Å²) >= 11 is 0. The fourth-order valence-electron chi connectivity index (χ4n) is 3.11. The quantitative estimate of drug-likeness (QED) is 0.760. The summed E-state index contributed by atoms with van der Waals surface area (Å²) in [6.07, 6.45) is 4.76. The van der Waals surface area contributed by atoms with Crippen LogP contribution in [0.15, 0.2) is 18.2 Å². The highest BCUT2D eigenvalue weighted by Gasteiger charge is 2.19. The molecule has 0 aliphatic heterocycles. The first-order valence-corrected chi connectivity index (χ1v) is 9.18. The molecule has 25 heavy (non-hydrogen) atoms. The molecule has 1 fully saturated rings. The summed E-state index contributed by atoms with van der Waals surface area (Å²) in [4.78, 5) is 11.9. The van der Waals surface area contributed by atoms with Gasteiger partial charge in [-0.05, 0) is 57.6 Å². The number of rotatable bonds is 5. The zero-order valence-electron chi connectivity index (χ0n) is 16.1. The maximum absolute atomic E-state index is 11.9. The number of benzene rings is 1. The van der Waals surface area contributed by atoms with Gasteiger partial charge in [-0.2, -0.15) is 0 Å². The topological polar surface area (TPSA) is 59.6 Å². The first-order valence-electron chi connectivity index (χ1n) is 9.18. The molecule has 1 aliphatic carbocycles. The molecule has 1 aliphatic rings.